The number of likely N-dealkylation sites (N-methyl/N-ethyl adjacent to an activating group) is 1. The van der Waals surface area contributed by atoms with Crippen molar-refractivity contribution in [2.24, 2.45) is 0 Å². The summed E-state index contributed by atoms with van der Waals surface area (Å²) < 4.78 is 0. The zero-order valence-corrected chi connectivity index (χ0v) is 10.3. The van der Waals surface area contributed by atoms with Gasteiger partial charge in [-0.25, -0.2) is 14.8 Å². The zero-order valence-electron chi connectivity index (χ0n) is 10.3. The van der Waals surface area contributed by atoms with Gasteiger partial charge in [0.2, 0.25) is 5.95 Å². The van der Waals surface area contributed by atoms with E-state index >= 15 is 0 Å². The predicted molar refractivity (Wildman–Crippen MR) is 64.2 cm³/mol. The molecule has 0 radical (unpaired) electrons. The Morgan fingerprint density at radius 2 is 2.18 bits per heavy atom. The SMILES string of the molecule is Cc1cc(C2CC2)nc(N(C)C(C)C(=O)O)n1. The fraction of sp³-hybridized carbons (Fsp3) is 0.583. The quantitative estimate of drug-likeness (QED) is 0.858. The molecule has 0 spiro atoms. The van der Waals surface area contributed by atoms with Crippen molar-refractivity contribution in [2.75, 3.05) is 11.9 Å². The number of nitrogens with zero attached hydrogens (tertiary/aromatic N) is 3. The number of anilines is 1. The number of hydrogen-bond acceptors (Lipinski definition) is 4. The highest BCUT2D eigenvalue weighted by Crippen LogP contribution is 2.39. The molecule has 1 N–H and O–H groups in total. The number of hydrogen-bond donors (Lipinski definition) is 1. The molecule has 1 aliphatic rings. The monoisotopic (exact) mass is 235 g/mol. The first-order chi connectivity index (χ1) is 7.99. The lowest BCUT2D eigenvalue weighted by Crippen LogP contribution is -2.37. The van der Waals surface area contributed by atoms with Crippen LogP contribution in [0.4, 0.5) is 5.95 Å². The molecule has 0 aliphatic heterocycles. The largest absolute Gasteiger partial charge is 0.480 e. The second-order valence-electron chi connectivity index (χ2n) is 4.63. The summed E-state index contributed by atoms with van der Waals surface area (Å²) in [4.78, 5) is 21.3. The lowest BCUT2D eigenvalue weighted by Gasteiger charge is -2.22. The predicted octanol–water partition coefficient (Wildman–Crippen LogP) is 1.57. The van der Waals surface area contributed by atoms with Gasteiger partial charge in [-0.1, -0.05) is 0 Å². The molecule has 17 heavy (non-hydrogen) atoms. The Morgan fingerprint density at radius 1 is 1.53 bits per heavy atom. The van der Waals surface area contributed by atoms with Gasteiger partial charge in [-0.15, -0.1) is 0 Å². The van der Waals surface area contributed by atoms with Gasteiger partial charge in [0.05, 0.1) is 0 Å². The third-order valence-corrected chi connectivity index (χ3v) is 3.11. The molecule has 1 atom stereocenters. The number of rotatable bonds is 4. The van der Waals surface area contributed by atoms with Crippen LogP contribution in [0.1, 0.15) is 37.1 Å². The van der Waals surface area contributed by atoms with E-state index in [9.17, 15) is 4.79 Å². The number of carboxylic acids is 1. The van der Waals surface area contributed by atoms with Crippen LogP contribution in [0.3, 0.4) is 0 Å². The molecular formula is C12H17N3O2. The van der Waals surface area contributed by atoms with Gasteiger partial charge in [0, 0.05) is 24.4 Å². The Hall–Kier alpha value is -1.65. The Bertz CT molecular complexity index is 443. The highest BCUT2D eigenvalue weighted by atomic mass is 16.4. The van der Waals surface area contributed by atoms with Gasteiger partial charge in [-0.2, -0.15) is 0 Å². The van der Waals surface area contributed by atoms with Crippen LogP contribution in [-0.4, -0.2) is 34.1 Å². The second-order valence-corrected chi connectivity index (χ2v) is 4.63. The first kappa shape index (κ1) is 11.8. The van der Waals surface area contributed by atoms with Crippen molar-refractivity contribution in [3.8, 4) is 0 Å². The number of carbonyl (C=O) groups is 1. The van der Waals surface area contributed by atoms with Gasteiger partial charge in [0.1, 0.15) is 6.04 Å². The van der Waals surface area contributed by atoms with Crippen LogP contribution < -0.4 is 4.90 Å². The van der Waals surface area contributed by atoms with Crippen molar-refractivity contribution in [3.05, 3.63) is 17.5 Å². The van der Waals surface area contributed by atoms with Crippen LogP contribution in [0.5, 0.6) is 0 Å². The lowest BCUT2D eigenvalue weighted by atomic mass is 10.2. The van der Waals surface area contributed by atoms with Crippen LogP contribution in [0.2, 0.25) is 0 Å². The van der Waals surface area contributed by atoms with E-state index in [0.29, 0.717) is 11.9 Å². The van der Waals surface area contributed by atoms with Crippen LogP contribution in [-0.2, 0) is 4.79 Å². The molecule has 0 bridgehead atoms. The summed E-state index contributed by atoms with van der Waals surface area (Å²) in [6.07, 6.45) is 2.35. The van der Waals surface area contributed by atoms with Crippen molar-refractivity contribution in [2.45, 2.75) is 38.6 Å². The molecule has 1 saturated carbocycles. The summed E-state index contributed by atoms with van der Waals surface area (Å²) in [6.45, 7) is 3.54. The standard InChI is InChI=1S/C12H17N3O2/c1-7-6-10(9-4-5-9)14-12(13-7)15(3)8(2)11(16)17/h6,8-9H,4-5H2,1-3H3,(H,16,17). The Labute approximate surface area is 100 Å². The third-order valence-electron chi connectivity index (χ3n) is 3.11. The average Bonchev–Trinajstić information content (AvgIpc) is 3.09. The Kier molecular flexibility index (Phi) is 3.00. The van der Waals surface area contributed by atoms with Crippen LogP contribution in [0.15, 0.2) is 6.07 Å². The molecule has 5 heteroatoms. The summed E-state index contributed by atoms with van der Waals surface area (Å²) >= 11 is 0. The summed E-state index contributed by atoms with van der Waals surface area (Å²) in [5.41, 5.74) is 1.93. The normalized spacial score (nSPS) is 16.6. The molecule has 2 rings (SSSR count). The topological polar surface area (TPSA) is 66.3 Å². The molecule has 1 unspecified atom stereocenters. The average molecular weight is 235 g/mol. The molecule has 1 aromatic rings. The molecule has 0 saturated heterocycles. The fourth-order valence-electron chi connectivity index (χ4n) is 1.66. The molecule has 0 amide bonds. The Balaban J connectivity index is 2.27. The smallest absolute Gasteiger partial charge is 0.326 e. The van der Waals surface area contributed by atoms with Crippen molar-refractivity contribution >= 4 is 11.9 Å². The first-order valence-corrected chi connectivity index (χ1v) is 5.80. The van der Waals surface area contributed by atoms with E-state index < -0.39 is 12.0 Å². The van der Waals surface area contributed by atoms with Crippen LogP contribution in [0, 0.1) is 6.92 Å². The summed E-state index contributed by atoms with van der Waals surface area (Å²) in [6, 6.07) is 1.37. The second kappa shape index (κ2) is 4.31. The highest BCUT2D eigenvalue weighted by Gasteiger charge is 2.27. The number of aryl methyl sites for hydroxylation is 1. The van der Waals surface area contributed by atoms with Crippen molar-refractivity contribution in [1.82, 2.24) is 9.97 Å². The molecule has 1 aliphatic carbocycles. The van der Waals surface area contributed by atoms with Crippen LogP contribution in [0.25, 0.3) is 0 Å². The molecule has 92 valence electrons. The fourth-order valence-corrected chi connectivity index (χ4v) is 1.66. The van der Waals surface area contributed by atoms with E-state index in [2.05, 4.69) is 9.97 Å². The molecule has 1 aromatic heterocycles. The van der Waals surface area contributed by atoms with E-state index in [0.717, 1.165) is 11.4 Å². The molecular weight excluding hydrogens is 218 g/mol. The highest BCUT2D eigenvalue weighted by molar-refractivity contribution is 5.76. The Morgan fingerprint density at radius 3 is 2.71 bits per heavy atom. The van der Waals surface area contributed by atoms with Crippen molar-refractivity contribution < 1.29 is 9.90 Å². The minimum atomic E-state index is -0.870. The third kappa shape index (κ3) is 2.54. The first-order valence-electron chi connectivity index (χ1n) is 5.80. The van der Waals surface area contributed by atoms with Gasteiger partial charge in [-0.05, 0) is 32.8 Å². The maximum Gasteiger partial charge on any atom is 0.326 e. The minimum Gasteiger partial charge on any atom is -0.480 e. The van der Waals surface area contributed by atoms with Crippen molar-refractivity contribution in [1.29, 1.82) is 0 Å². The molecule has 5 nitrogen and oxygen atoms in total. The van der Waals surface area contributed by atoms with Gasteiger partial charge >= 0.3 is 5.97 Å². The minimum absolute atomic E-state index is 0.502. The number of aromatic nitrogens is 2. The van der Waals surface area contributed by atoms with E-state index in [4.69, 9.17) is 5.11 Å². The maximum atomic E-state index is 10.9. The summed E-state index contributed by atoms with van der Waals surface area (Å²) in [5, 5.41) is 8.98. The number of aliphatic carboxylic acids is 1. The maximum absolute atomic E-state index is 10.9. The van der Waals surface area contributed by atoms with Gasteiger partial charge < -0.3 is 10.0 Å². The molecule has 0 aromatic carbocycles. The molecule has 1 fully saturated rings. The summed E-state index contributed by atoms with van der Waals surface area (Å²) in [7, 11) is 1.71. The van der Waals surface area contributed by atoms with Gasteiger partial charge in [0.25, 0.3) is 0 Å². The van der Waals surface area contributed by atoms with E-state index in [1.54, 1.807) is 18.9 Å². The van der Waals surface area contributed by atoms with Crippen LogP contribution >= 0.6 is 0 Å². The zero-order chi connectivity index (χ0) is 12.6. The lowest BCUT2D eigenvalue weighted by molar-refractivity contribution is -0.138. The van der Waals surface area contributed by atoms with E-state index in [-0.39, 0.29) is 0 Å². The summed E-state index contributed by atoms with van der Waals surface area (Å²) in [5.74, 6) is 0.177. The van der Waals surface area contributed by atoms with Gasteiger partial charge in [-0.3, -0.25) is 0 Å². The van der Waals surface area contributed by atoms with E-state index in [1.807, 2.05) is 13.0 Å². The van der Waals surface area contributed by atoms with Gasteiger partial charge in [0.15, 0.2) is 0 Å². The van der Waals surface area contributed by atoms with E-state index in [1.165, 1.54) is 12.8 Å². The molecule has 1 heterocycles. The van der Waals surface area contributed by atoms with Crippen molar-refractivity contribution in [3.63, 3.8) is 0 Å². The number of carboxylic acid groups (broad SMARTS) is 1.